The van der Waals surface area contributed by atoms with Crippen LogP contribution in [0.4, 0.5) is 0 Å². The lowest BCUT2D eigenvalue weighted by molar-refractivity contribution is 0.321. The molecule has 1 N–H and O–H groups in total. The SMILES string of the molecule is CCN(CC)CC.Cc1ccccc1-n1c(=S)sc2c(=O)n(-c3ccccc3)c(=S)[nH]c21. The molecule has 2 heterocycles. The van der Waals surface area contributed by atoms with Crippen molar-refractivity contribution in [2.24, 2.45) is 0 Å². The number of aromatic nitrogens is 3. The van der Waals surface area contributed by atoms with E-state index in [-0.39, 0.29) is 5.56 Å². The minimum Gasteiger partial charge on any atom is -0.316 e. The molecule has 4 aromatic rings. The highest BCUT2D eigenvalue weighted by Gasteiger charge is 2.15. The van der Waals surface area contributed by atoms with Gasteiger partial charge in [0.05, 0.1) is 11.4 Å². The first-order valence-electron chi connectivity index (χ1n) is 10.7. The van der Waals surface area contributed by atoms with Crippen molar-refractivity contribution in [1.29, 1.82) is 0 Å². The first-order valence-corrected chi connectivity index (χ1v) is 12.3. The second kappa shape index (κ2) is 11.0. The highest BCUT2D eigenvalue weighted by molar-refractivity contribution is 7.73. The van der Waals surface area contributed by atoms with Gasteiger partial charge in [-0.05, 0) is 74.8 Å². The predicted octanol–water partition coefficient (Wildman–Crippen LogP) is 6.29. The summed E-state index contributed by atoms with van der Waals surface area (Å²) < 4.78 is 4.91. The smallest absolute Gasteiger partial charge is 0.278 e. The largest absolute Gasteiger partial charge is 0.316 e. The Balaban J connectivity index is 0.000000360. The summed E-state index contributed by atoms with van der Waals surface area (Å²) in [5.41, 5.74) is 3.24. The van der Waals surface area contributed by atoms with Crippen molar-refractivity contribution in [3.05, 3.63) is 79.2 Å². The summed E-state index contributed by atoms with van der Waals surface area (Å²) in [4.78, 5) is 18.6. The van der Waals surface area contributed by atoms with Crippen molar-refractivity contribution in [3.8, 4) is 11.4 Å². The summed E-state index contributed by atoms with van der Waals surface area (Å²) in [6, 6.07) is 17.3. The summed E-state index contributed by atoms with van der Waals surface area (Å²) >= 11 is 12.3. The average Bonchev–Trinajstić information content (AvgIpc) is 3.12. The molecule has 5 nitrogen and oxygen atoms in total. The van der Waals surface area contributed by atoms with Crippen molar-refractivity contribution >= 4 is 46.1 Å². The van der Waals surface area contributed by atoms with Crippen molar-refractivity contribution < 1.29 is 0 Å². The Bertz CT molecular complexity index is 1360. The number of nitrogens with zero attached hydrogens (tertiary/aromatic N) is 3. The molecule has 0 aliphatic rings. The molecule has 0 bridgehead atoms. The van der Waals surface area contributed by atoms with E-state index in [0.29, 0.717) is 19.1 Å². The number of aryl methyl sites for hydroxylation is 1. The molecular formula is C24H28N4OS3. The van der Waals surface area contributed by atoms with Gasteiger partial charge in [-0.2, -0.15) is 0 Å². The van der Waals surface area contributed by atoms with E-state index in [1.807, 2.05) is 66.1 Å². The Morgan fingerprint density at radius 1 is 0.906 bits per heavy atom. The van der Waals surface area contributed by atoms with Crippen LogP contribution in [0.25, 0.3) is 21.7 Å². The summed E-state index contributed by atoms with van der Waals surface area (Å²) in [5, 5.41) is 0. The van der Waals surface area contributed by atoms with Gasteiger partial charge >= 0.3 is 0 Å². The number of hydrogen-bond acceptors (Lipinski definition) is 5. The van der Waals surface area contributed by atoms with E-state index in [9.17, 15) is 4.79 Å². The van der Waals surface area contributed by atoms with Gasteiger partial charge in [0, 0.05) is 0 Å². The van der Waals surface area contributed by atoms with Crippen molar-refractivity contribution in [2.75, 3.05) is 19.6 Å². The van der Waals surface area contributed by atoms with Crippen LogP contribution >= 0.6 is 35.8 Å². The Hall–Kier alpha value is -2.39. The Kier molecular flexibility index (Phi) is 8.31. The lowest BCUT2D eigenvalue weighted by atomic mass is 10.2. The van der Waals surface area contributed by atoms with Gasteiger partial charge in [-0.3, -0.25) is 13.9 Å². The van der Waals surface area contributed by atoms with Gasteiger partial charge in [0.15, 0.2) is 8.73 Å². The molecule has 8 heteroatoms. The van der Waals surface area contributed by atoms with Gasteiger partial charge in [0.1, 0.15) is 10.3 Å². The highest BCUT2D eigenvalue weighted by atomic mass is 32.1. The summed E-state index contributed by atoms with van der Waals surface area (Å²) in [7, 11) is 0. The fourth-order valence-electron chi connectivity index (χ4n) is 3.50. The molecule has 0 unspecified atom stereocenters. The molecule has 168 valence electrons. The number of rotatable bonds is 5. The van der Waals surface area contributed by atoms with Gasteiger partial charge in [-0.15, -0.1) is 0 Å². The Morgan fingerprint density at radius 2 is 1.50 bits per heavy atom. The van der Waals surface area contributed by atoms with Crippen LogP contribution in [0.1, 0.15) is 26.3 Å². The third-order valence-electron chi connectivity index (χ3n) is 5.35. The van der Waals surface area contributed by atoms with E-state index in [1.54, 1.807) is 0 Å². The topological polar surface area (TPSA) is 46.0 Å². The zero-order valence-corrected chi connectivity index (χ0v) is 21.2. The normalized spacial score (nSPS) is 10.9. The standard InChI is InChI=1S/C18H13N3OS3.C6H15N/c1-11-7-5-6-10-13(11)21-15-14(25-18(21)24)16(22)20(17(23)19-15)12-8-3-2-4-9-12;1-4-7(5-2)6-3/h2-10H,1H3,(H,19,23);4-6H2,1-3H3. The molecule has 4 rings (SSSR count). The number of hydrogen-bond donors (Lipinski definition) is 1. The van der Waals surface area contributed by atoms with E-state index in [1.165, 1.54) is 35.5 Å². The minimum atomic E-state index is -0.159. The van der Waals surface area contributed by atoms with Gasteiger partial charge in [-0.25, -0.2) is 0 Å². The summed E-state index contributed by atoms with van der Waals surface area (Å²) in [6.07, 6.45) is 0. The first kappa shape index (κ1) is 24.3. The van der Waals surface area contributed by atoms with Crippen molar-refractivity contribution in [2.45, 2.75) is 27.7 Å². The third kappa shape index (κ3) is 4.99. The van der Waals surface area contributed by atoms with E-state index in [4.69, 9.17) is 24.4 Å². The van der Waals surface area contributed by atoms with Gasteiger partial charge in [0.25, 0.3) is 5.56 Å². The zero-order valence-electron chi connectivity index (χ0n) is 18.8. The maximum Gasteiger partial charge on any atom is 0.278 e. The molecule has 0 amide bonds. The number of nitrogens with one attached hydrogen (secondary N) is 1. The molecule has 0 saturated heterocycles. The van der Waals surface area contributed by atoms with E-state index in [0.717, 1.165) is 16.9 Å². The van der Waals surface area contributed by atoms with E-state index >= 15 is 0 Å². The van der Waals surface area contributed by atoms with Crippen LogP contribution in [0.3, 0.4) is 0 Å². The van der Waals surface area contributed by atoms with Crippen LogP contribution in [0.5, 0.6) is 0 Å². The quantitative estimate of drug-likeness (QED) is 0.338. The minimum absolute atomic E-state index is 0.159. The Labute approximate surface area is 202 Å². The van der Waals surface area contributed by atoms with Crippen LogP contribution in [-0.2, 0) is 0 Å². The number of benzene rings is 2. The Morgan fingerprint density at radius 3 is 2.06 bits per heavy atom. The average molecular weight is 485 g/mol. The first-order chi connectivity index (χ1) is 15.4. The van der Waals surface area contributed by atoms with Crippen LogP contribution < -0.4 is 5.56 Å². The molecule has 2 aromatic carbocycles. The fraction of sp³-hybridized carbons (Fsp3) is 0.292. The summed E-state index contributed by atoms with van der Waals surface area (Å²) in [6.45, 7) is 12.1. The molecule has 32 heavy (non-hydrogen) atoms. The maximum absolute atomic E-state index is 13.1. The van der Waals surface area contributed by atoms with Crippen molar-refractivity contribution in [3.63, 3.8) is 0 Å². The second-order valence-corrected chi connectivity index (χ2v) is 9.22. The zero-order chi connectivity index (χ0) is 23.3. The van der Waals surface area contributed by atoms with Gasteiger partial charge in [-0.1, -0.05) is 68.5 Å². The summed E-state index contributed by atoms with van der Waals surface area (Å²) in [5.74, 6) is 0. The monoisotopic (exact) mass is 484 g/mol. The van der Waals surface area contributed by atoms with Gasteiger partial charge in [0.2, 0.25) is 0 Å². The van der Waals surface area contributed by atoms with Crippen LogP contribution in [0, 0.1) is 15.6 Å². The van der Waals surface area contributed by atoms with Crippen molar-refractivity contribution in [1.82, 2.24) is 19.0 Å². The molecule has 0 aliphatic carbocycles. The second-order valence-electron chi connectivity index (χ2n) is 7.19. The number of para-hydroxylation sites is 2. The number of fused-ring (bicyclic) bond motifs is 1. The third-order valence-corrected chi connectivity index (χ3v) is 7.00. The molecule has 2 aromatic heterocycles. The predicted molar refractivity (Wildman–Crippen MR) is 141 cm³/mol. The van der Waals surface area contributed by atoms with Crippen LogP contribution in [-0.4, -0.2) is 38.7 Å². The number of thiazole rings is 1. The maximum atomic E-state index is 13.1. The van der Waals surface area contributed by atoms with E-state index < -0.39 is 0 Å². The van der Waals surface area contributed by atoms with E-state index in [2.05, 4.69) is 30.7 Å². The van der Waals surface area contributed by atoms with Crippen LogP contribution in [0.2, 0.25) is 0 Å². The lowest BCUT2D eigenvalue weighted by Crippen LogP contribution is -2.21. The highest BCUT2D eigenvalue weighted by Crippen LogP contribution is 2.25. The molecule has 0 spiro atoms. The molecule has 0 atom stereocenters. The number of aromatic amines is 1. The lowest BCUT2D eigenvalue weighted by Gasteiger charge is -2.13. The molecule has 0 saturated carbocycles. The molecule has 0 radical (unpaired) electrons. The number of H-pyrrole nitrogens is 1. The molecule has 0 aliphatic heterocycles. The molecule has 0 fully saturated rings. The fourth-order valence-corrected chi connectivity index (χ4v) is 5.10. The van der Waals surface area contributed by atoms with Gasteiger partial charge < -0.3 is 9.88 Å². The van der Waals surface area contributed by atoms with Crippen LogP contribution in [0.15, 0.2) is 59.4 Å². The molecular weight excluding hydrogens is 456 g/mol.